The highest BCUT2D eigenvalue weighted by Crippen LogP contribution is 2.24. The molecule has 0 bridgehead atoms. The summed E-state index contributed by atoms with van der Waals surface area (Å²) in [7, 11) is 0. The Morgan fingerprint density at radius 2 is 2.00 bits per heavy atom. The number of rotatable bonds is 6. The van der Waals surface area contributed by atoms with Crippen LogP contribution >= 0.6 is 11.6 Å². The molecule has 1 aromatic carbocycles. The first-order chi connectivity index (χ1) is 14.1. The Kier molecular flexibility index (Phi) is 5.35. The first-order valence-electron chi connectivity index (χ1n) is 8.75. The van der Waals surface area contributed by atoms with Gasteiger partial charge in [-0.15, -0.1) is 5.10 Å². The second-order valence-electron chi connectivity index (χ2n) is 6.22. The predicted octanol–water partition coefficient (Wildman–Crippen LogP) is 4.56. The molecule has 9 heteroatoms. The summed E-state index contributed by atoms with van der Waals surface area (Å²) in [4.78, 5) is 7.69. The molecule has 0 saturated carbocycles. The lowest BCUT2D eigenvalue weighted by Gasteiger charge is -2.07. The molecule has 29 heavy (non-hydrogen) atoms. The molecule has 0 spiro atoms. The fraction of sp³-hybridized carbons (Fsp3) is 0.100. The van der Waals surface area contributed by atoms with E-state index in [-0.39, 0.29) is 5.75 Å². The van der Waals surface area contributed by atoms with Crippen molar-refractivity contribution in [3.05, 3.63) is 83.4 Å². The number of ether oxygens (including phenoxy) is 1. The molecule has 0 aliphatic heterocycles. The van der Waals surface area contributed by atoms with Crippen molar-refractivity contribution in [1.82, 2.24) is 25.0 Å². The van der Waals surface area contributed by atoms with E-state index < -0.39 is 5.95 Å². The Morgan fingerprint density at radius 1 is 1.17 bits per heavy atom. The lowest BCUT2D eigenvalue weighted by Crippen LogP contribution is -2.00. The number of nitrogens with zero attached hydrogens (tertiary/aromatic N) is 5. The van der Waals surface area contributed by atoms with Crippen molar-refractivity contribution in [2.75, 3.05) is 5.32 Å². The Morgan fingerprint density at radius 3 is 2.76 bits per heavy atom. The van der Waals surface area contributed by atoms with Gasteiger partial charge >= 0.3 is 0 Å². The van der Waals surface area contributed by atoms with Crippen molar-refractivity contribution < 1.29 is 9.13 Å². The maximum atomic E-state index is 13.6. The standard InChI is InChI=1S/C20H16ClFN6O/c1-13-9-14(10-19(21)25-13)24-11-15-12-28(27-26-15)16-4-6-17(7-5-16)29-18-3-2-8-23-20(18)22/h2-10,12H,11H2,1H3,(H,24,25). The van der Waals surface area contributed by atoms with Crippen molar-refractivity contribution in [3.63, 3.8) is 0 Å². The van der Waals surface area contributed by atoms with Crippen LogP contribution in [0.1, 0.15) is 11.4 Å². The van der Waals surface area contributed by atoms with Gasteiger partial charge in [-0.05, 0) is 55.5 Å². The first-order valence-corrected chi connectivity index (χ1v) is 9.13. The van der Waals surface area contributed by atoms with Gasteiger partial charge in [0, 0.05) is 17.6 Å². The molecular formula is C20H16ClFN6O. The van der Waals surface area contributed by atoms with Crippen molar-refractivity contribution in [2.24, 2.45) is 0 Å². The van der Waals surface area contributed by atoms with Crippen LogP contribution in [-0.4, -0.2) is 25.0 Å². The van der Waals surface area contributed by atoms with E-state index in [1.54, 1.807) is 28.9 Å². The van der Waals surface area contributed by atoms with Crippen LogP contribution in [0.4, 0.5) is 10.1 Å². The van der Waals surface area contributed by atoms with Crippen LogP contribution < -0.4 is 10.1 Å². The minimum Gasteiger partial charge on any atom is -0.453 e. The molecule has 7 nitrogen and oxygen atoms in total. The second kappa shape index (κ2) is 8.24. The van der Waals surface area contributed by atoms with Crippen molar-refractivity contribution in [3.8, 4) is 17.2 Å². The van der Waals surface area contributed by atoms with Crippen molar-refractivity contribution >= 4 is 17.3 Å². The summed E-state index contributed by atoms with van der Waals surface area (Å²) in [5.74, 6) is -0.0934. The van der Waals surface area contributed by atoms with E-state index in [1.165, 1.54) is 12.3 Å². The summed E-state index contributed by atoms with van der Waals surface area (Å²) in [6.45, 7) is 2.37. The molecule has 0 aliphatic rings. The van der Waals surface area contributed by atoms with E-state index in [9.17, 15) is 4.39 Å². The maximum absolute atomic E-state index is 13.6. The number of benzene rings is 1. The van der Waals surface area contributed by atoms with E-state index >= 15 is 0 Å². The largest absolute Gasteiger partial charge is 0.453 e. The third kappa shape index (κ3) is 4.67. The van der Waals surface area contributed by atoms with Gasteiger partial charge in [-0.3, -0.25) is 0 Å². The van der Waals surface area contributed by atoms with Gasteiger partial charge in [0.25, 0.3) is 5.95 Å². The van der Waals surface area contributed by atoms with Gasteiger partial charge in [0.05, 0.1) is 18.4 Å². The molecule has 4 rings (SSSR count). The molecule has 0 saturated heterocycles. The minimum absolute atomic E-state index is 0.0702. The summed E-state index contributed by atoms with van der Waals surface area (Å²) in [6, 6.07) is 13.8. The van der Waals surface area contributed by atoms with Gasteiger partial charge in [-0.2, -0.15) is 4.39 Å². The Labute approximate surface area is 171 Å². The Hall–Kier alpha value is -3.52. The van der Waals surface area contributed by atoms with Crippen LogP contribution in [-0.2, 0) is 6.54 Å². The third-order valence-electron chi connectivity index (χ3n) is 3.99. The first kappa shape index (κ1) is 18.8. The van der Waals surface area contributed by atoms with Crippen molar-refractivity contribution in [2.45, 2.75) is 13.5 Å². The molecular weight excluding hydrogens is 395 g/mol. The van der Waals surface area contributed by atoms with Gasteiger partial charge in [-0.25, -0.2) is 14.6 Å². The zero-order valence-corrected chi connectivity index (χ0v) is 16.1. The van der Waals surface area contributed by atoms with Crippen LogP contribution in [0.2, 0.25) is 5.15 Å². The summed E-state index contributed by atoms with van der Waals surface area (Å²) >= 11 is 5.97. The van der Waals surface area contributed by atoms with Crippen LogP contribution in [0, 0.1) is 12.9 Å². The third-order valence-corrected chi connectivity index (χ3v) is 4.18. The molecule has 0 atom stereocenters. The zero-order chi connectivity index (χ0) is 20.2. The van der Waals surface area contributed by atoms with E-state index in [0.717, 1.165) is 22.8 Å². The molecule has 146 valence electrons. The molecule has 0 radical (unpaired) electrons. The predicted molar refractivity (Wildman–Crippen MR) is 107 cm³/mol. The quantitative estimate of drug-likeness (QED) is 0.469. The number of pyridine rings is 2. The van der Waals surface area contributed by atoms with E-state index in [2.05, 4.69) is 25.6 Å². The highest BCUT2D eigenvalue weighted by molar-refractivity contribution is 6.29. The molecule has 0 fully saturated rings. The van der Waals surface area contributed by atoms with Crippen LogP contribution in [0.15, 0.2) is 60.9 Å². The Bertz CT molecular complexity index is 1110. The summed E-state index contributed by atoms with van der Waals surface area (Å²) in [5.41, 5.74) is 3.25. The highest BCUT2D eigenvalue weighted by atomic mass is 35.5. The van der Waals surface area contributed by atoms with Gasteiger partial charge in [0.1, 0.15) is 16.6 Å². The molecule has 3 aromatic heterocycles. The van der Waals surface area contributed by atoms with Gasteiger partial charge in [0.2, 0.25) is 0 Å². The molecule has 4 aromatic rings. The molecule has 1 N–H and O–H groups in total. The number of aromatic nitrogens is 5. The van der Waals surface area contributed by atoms with Gasteiger partial charge in [0.15, 0.2) is 5.75 Å². The molecule has 0 amide bonds. The lowest BCUT2D eigenvalue weighted by atomic mass is 10.3. The molecule has 0 unspecified atom stereocenters. The lowest BCUT2D eigenvalue weighted by molar-refractivity contribution is 0.429. The summed E-state index contributed by atoms with van der Waals surface area (Å²) in [5, 5.41) is 12.0. The maximum Gasteiger partial charge on any atom is 0.255 e. The number of hydrogen-bond donors (Lipinski definition) is 1. The number of nitrogens with one attached hydrogen (secondary N) is 1. The minimum atomic E-state index is -0.657. The van der Waals surface area contributed by atoms with Gasteiger partial charge in [-0.1, -0.05) is 16.8 Å². The smallest absolute Gasteiger partial charge is 0.255 e. The number of hydrogen-bond acceptors (Lipinski definition) is 6. The van der Waals surface area contributed by atoms with Crippen LogP contribution in [0.5, 0.6) is 11.5 Å². The second-order valence-corrected chi connectivity index (χ2v) is 6.60. The van der Waals surface area contributed by atoms with Crippen molar-refractivity contribution in [1.29, 1.82) is 0 Å². The zero-order valence-electron chi connectivity index (χ0n) is 15.4. The van der Waals surface area contributed by atoms with E-state index in [4.69, 9.17) is 16.3 Å². The van der Waals surface area contributed by atoms with E-state index in [0.29, 0.717) is 17.4 Å². The number of halogens is 2. The summed E-state index contributed by atoms with van der Waals surface area (Å²) < 4.78 is 20.7. The highest BCUT2D eigenvalue weighted by Gasteiger charge is 2.07. The average Bonchev–Trinajstić information content (AvgIpc) is 3.17. The van der Waals surface area contributed by atoms with E-state index in [1.807, 2.05) is 31.3 Å². The number of anilines is 1. The van der Waals surface area contributed by atoms with Crippen LogP contribution in [0.3, 0.4) is 0 Å². The fourth-order valence-corrected chi connectivity index (χ4v) is 2.92. The fourth-order valence-electron chi connectivity index (χ4n) is 2.67. The van der Waals surface area contributed by atoms with Gasteiger partial charge < -0.3 is 10.1 Å². The summed E-state index contributed by atoms with van der Waals surface area (Å²) in [6.07, 6.45) is 3.19. The monoisotopic (exact) mass is 410 g/mol. The SMILES string of the molecule is Cc1cc(NCc2cn(-c3ccc(Oc4cccnc4F)cc3)nn2)cc(Cl)n1. The molecule has 0 aliphatic carbocycles. The molecule has 3 heterocycles. The van der Waals surface area contributed by atoms with Crippen LogP contribution in [0.25, 0.3) is 5.69 Å². The average molecular weight is 411 g/mol. The Balaban J connectivity index is 1.42. The topological polar surface area (TPSA) is 77.8 Å². The number of aryl methyl sites for hydroxylation is 1. The normalized spacial score (nSPS) is 10.7.